The van der Waals surface area contributed by atoms with Crippen molar-refractivity contribution in [2.24, 2.45) is 0 Å². The Morgan fingerprint density at radius 3 is 3.04 bits per heavy atom. The molecule has 1 aliphatic rings. The Balaban J connectivity index is 1.75. The van der Waals surface area contributed by atoms with Crippen LogP contribution in [-0.4, -0.2) is 49.1 Å². The summed E-state index contributed by atoms with van der Waals surface area (Å²) in [5.74, 6) is 0.959. The number of anilines is 1. The molecule has 2 heterocycles. The number of hydrogen-bond donors (Lipinski definition) is 0. The zero-order valence-electron chi connectivity index (χ0n) is 13.9. The van der Waals surface area contributed by atoms with Crippen molar-refractivity contribution in [3.8, 4) is 5.75 Å². The number of hydrogen-bond acceptors (Lipinski definition) is 5. The van der Waals surface area contributed by atoms with Crippen molar-refractivity contribution in [3.63, 3.8) is 0 Å². The van der Waals surface area contributed by atoms with Gasteiger partial charge < -0.3 is 14.5 Å². The smallest absolute Gasteiger partial charge is 0.242 e. The fraction of sp³-hybridized carbons (Fsp3) is 0.529. The van der Waals surface area contributed by atoms with Crippen LogP contribution in [0.5, 0.6) is 5.75 Å². The number of carbonyl (C=O) groups excluding carboxylic acids is 1. The molecule has 1 saturated heterocycles. The zero-order valence-corrected chi connectivity index (χ0v) is 14.7. The Morgan fingerprint density at radius 1 is 1.48 bits per heavy atom. The number of piperidine rings is 1. The van der Waals surface area contributed by atoms with Crippen LogP contribution in [0.1, 0.15) is 26.2 Å². The average molecular weight is 333 g/mol. The fourth-order valence-corrected chi connectivity index (χ4v) is 4.01. The van der Waals surface area contributed by atoms with Crippen molar-refractivity contribution in [2.45, 2.75) is 32.2 Å². The molecule has 0 radical (unpaired) electrons. The molecule has 1 amide bonds. The molecule has 1 aromatic heterocycles. The number of ether oxygens (including phenoxy) is 1. The van der Waals surface area contributed by atoms with Gasteiger partial charge in [0.1, 0.15) is 11.3 Å². The second kappa shape index (κ2) is 6.74. The SMILES string of the molecule is COc1cccc2sc(N(C)CC(=O)N3CCCCC3C)nc12. The molecule has 1 aromatic carbocycles. The van der Waals surface area contributed by atoms with Gasteiger partial charge in [0.25, 0.3) is 0 Å². The van der Waals surface area contributed by atoms with E-state index in [-0.39, 0.29) is 5.91 Å². The van der Waals surface area contributed by atoms with Gasteiger partial charge in [-0.05, 0) is 38.3 Å². The van der Waals surface area contributed by atoms with Crippen molar-refractivity contribution < 1.29 is 9.53 Å². The average Bonchev–Trinajstić information content (AvgIpc) is 2.99. The molecule has 1 atom stereocenters. The lowest BCUT2D eigenvalue weighted by Crippen LogP contribution is -2.46. The summed E-state index contributed by atoms with van der Waals surface area (Å²) in [6.07, 6.45) is 3.43. The van der Waals surface area contributed by atoms with Crippen molar-refractivity contribution >= 4 is 32.6 Å². The first-order chi connectivity index (χ1) is 11.1. The summed E-state index contributed by atoms with van der Waals surface area (Å²) in [6, 6.07) is 6.25. The molecule has 23 heavy (non-hydrogen) atoms. The number of rotatable bonds is 4. The molecule has 1 fully saturated rings. The van der Waals surface area contributed by atoms with Crippen molar-refractivity contribution in [1.82, 2.24) is 9.88 Å². The Bertz CT molecular complexity index is 700. The molecular formula is C17H23N3O2S. The van der Waals surface area contributed by atoms with Gasteiger partial charge in [-0.3, -0.25) is 4.79 Å². The standard InChI is InChI=1S/C17H23N3O2S/c1-12-7-4-5-10-20(12)15(21)11-19(2)17-18-16-13(22-3)8-6-9-14(16)23-17/h6,8-9,12H,4-5,7,10-11H2,1-3H3. The van der Waals surface area contributed by atoms with Crippen LogP contribution in [0.4, 0.5) is 5.13 Å². The van der Waals surface area contributed by atoms with Crippen molar-refractivity contribution in [1.29, 1.82) is 0 Å². The number of benzene rings is 1. The summed E-state index contributed by atoms with van der Waals surface area (Å²) in [5, 5.41) is 0.850. The van der Waals surface area contributed by atoms with Gasteiger partial charge in [-0.1, -0.05) is 17.4 Å². The van der Waals surface area contributed by atoms with E-state index in [0.717, 1.165) is 40.5 Å². The quantitative estimate of drug-likeness (QED) is 0.862. The summed E-state index contributed by atoms with van der Waals surface area (Å²) in [7, 11) is 3.58. The molecule has 0 N–H and O–H groups in total. The first-order valence-electron chi connectivity index (χ1n) is 8.04. The number of nitrogens with zero attached hydrogens (tertiary/aromatic N) is 3. The number of methoxy groups -OCH3 is 1. The first-order valence-corrected chi connectivity index (χ1v) is 8.86. The highest BCUT2D eigenvalue weighted by Crippen LogP contribution is 2.33. The lowest BCUT2D eigenvalue weighted by Gasteiger charge is -2.34. The number of para-hydroxylation sites is 1. The third-order valence-corrected chi connectivity index (χ3v) is 5.55. The largest absolute Gasteiger partial charge is 0.494 e. The molecule has 6 heteroatoms. The molecule has 124 valence electrons. The molecule has 0 saturated carbocycles. The monoisotopic (exact) mass is 333 g/mol. The van der Waals surface area contributed by atoms with Gasteiger partial charge in [-0.2, -0.15) is 0 Å². The Hall–Kier alpha value is -1.82. The van der Waals surface area contributed by atoms with E-state index in [1.165, 1.54) is 6.42 Å². The van der Waals surface area contributed by atoms with E-state index in [2.05, 4.69) is 11.9 Å². The van der Waals surface area contributed by atoms with Crippen molar-refractivity contribution in [3.05, 3.63) is 18.2 Å². The third kappa shape index (κ3) is 3.27. The normalized spacial score (nSPS) is 18.2. The van der Waals surface area contributed by atoms with Crippen LogP contribution in [0, 0.1) is 0 Å². The van der Waals surface area contributed by atoms with E-state index in [0.29, 0.717) is 12.6 Å². The van der Waals surface area contributed by atoms with E-state index >= 15 is 0 Å². The summed E-state index contributed by atoms with van der Waals surface area (Å²) >= 11 is 1.59. The second-order valence-corrected chi connectivity index (χ2v) is 7.10. The molecule has 0 spiro atoms. The topological polar surface area (TPSA) is 45.7 Å². The second-order valence-electron chi connectivity index (χ2n) is 6.09. The first kappa shape index (κ1) is 16.1. The van der Waals surface area contributed by atoms with E-state index in [1.54, 1.807) is 18.4 Å². The van der Waals surface area contributed by atoms with Gasteiger partial charge in [-0.25, -0.2) is 4.98 Å². The minimum Gasteiger partial charge on any atom is -0.494 e. The summed E-state index contributed by atoms with van der Waals surface area (Å²) in [6.45, 7) is 3.38. The van der Waals surface area contributed by atoms with Crippen LogP contribution in [0.3, 0.4) is 0 Å². The maximum absolute atomic E-state index is 12.6. The maximum atomic E-state index is 12.6. The summed E-state index contributed by atoms with van der Waals surface area (Å²) in [4.78, 5) is 21.2. The van der Waals surface area contributed by atoms with Gasteiger partial charge in [0.15, 0.2) is 5.13 Å². The number of carbonyl (C=O) groups is 1. The van der Waals surface area contributed by atoms with E-state index in [4.69, 9.17) is 4.74 Å². The lowest BCUT2D eigenvalue weighted by atomic mass is 10.0. The van der Waals surface area contributed by atoms with Crippen LogP contribution < -0.4 is 9.64 Å². The zero-order chi connectivity index (χ0) is 16.4. The highest BCUT2D eigenvalue weighted by Gasteiger charge is 2.24. The van der Waals surface area contributed by atoms with Crippen LogP contribution >= 0.6 is 11.3 Å². The van der Waals surface area contributed by atoms with Crippen LogP contribution in [0.2, 0.25) is 0 Å². The number of aromatic nitrogens is 1. The molecule has 0 bridgehead atoms. The molecule has 2 aromatic rings. The van der Waals surface area contributed by atoms with Crippen molar-refractivity contribution in [2.75, 3.05) is 32.1 Å². The molecular weight excluding hydrogens is 310 g/mol. The molecule has 1 aliphatic heterocycles. The fourth-order valence-electron chi connectivity index (χ4n) is 3.07. The minimum atomic E-state index is 0.186. The van der Waals surface area contributed by atoms with E-state index < -0.39 is 0 Å². The van der Waals surface area contributed by atoms with Gasteiger partial charge in [-0.15, -0.1) is 0 Å². The molecule has 1 unspecified atom stereocenters. The van der Waals surface area contributed by atoms with Crippen LogP contribution in [0.15, 0.2) is 18.2 Å². The Morgan fingerprint density at radius 2 is 2.30 bits per heavy atom. The van der Waals surface area contributed by atoms with Crippen LogP contribution in [-0.2, 0) is 4.79 Å². The van der Waals surface area contributed by atoms with Gasteiger partial charge in [0.2, 0.25) is 5.91 Å². The number of fused-ring (bicyclic) bond motifs is 1. The lowest BCUT2D eigenvalue weighted by molar-refractivity contribution is -0.132. The Labute approximate surface area is 140 Å². The van der Waals surface area contributed by atoms with Gasteiger partial charge in [0.05, 0.1) is 18.4 Å². The number of likely N-dealkylation sites (N-methyl/N-ethyl adjacent to an activating group) is 1. The summed E-state index contributed by atoms with van der Waals surface area (Å²) < 4.78 is 6.44. The predicted molar refractivity (Wildman–Crippen MR) is 94.5 cm³/mol. The summed E-state index contributed by atoms with van der Waals surface area (Å²) in [5.41, 5.74) is 0.862. The number of amides is 1. The minimum absolute atomic E-state index is 0.186. The van der Waals surface area contributed by atoms with Gasteiger partial charge in [0, 0.05) is 19.6 Å². The van der Waals surface area contributed by atoms with Gasteiger partial charge >= 0.3 is 0 Å². The van der Waals surface area contributed by atoms with E-state index in [1.807, 2.05) is 35.0 Å². The molecule has 0 aliphatic carbocycles. The van der Waals surface area contributed by atoms with E-state index in [9.17, 15) is 4.79 Å². The molecule has 5 nitrogen and oxygen atoms in total. The highest BCUT2D eigenvalue weighted by molar-refractivity contribution is 7.22. The maximum Gasteiger partial charge on any atom is 0.242 e. The highest BCUT2D eigenvalue weighted by atomic mass is 32.1. The Kier molecular flexibility index (Phi) is 4.71. The van der Waals surface area contributed by atoms with Crippen LogP contribution in [0.25, 0.3) is 10.2 Å². The predicted octanol–water partition coefficient (Wildman–Crippen LogP) is 3.14. The number of thiazole rings is 1. The molecule has 3 rings (SSSR count). The third-order valence-electron chi connectivity index (χ3n) is 4.41. The number of likely N-dealkylation sites (tertiary alicyclic amines) is 1.